The lowest BCUT2D eigenvalue weighted by atomic mass is 10.1. The molecule has 1 heterocycles. The quantitative estimate of drug-likeness (QED) is 0.512. The molecule has 1 fully saturated rings. The molecular weight excluding hydrogens is 262 g/mol. The van der Waals surface area contributed by atoms with E-state index in [0.717, 1.165) is 6.42 Å². The second-order valence-corrected chi connectivity index (χ2v) is 4.67. The highest BCUT2D eigenvalue weighted by Gasteiger charge is 2.31. The van der Waals surface area contributed by atoms with Crippen molar-refractivity contribution in [2.45, 2.75) is 19.4 Å². The van der Waals surface area contributed by atoms with Crippen LogP contribution in [-0.4, -0.2) is 41.5 Å². The van der Waals surface area contributed by atoms with Crippen molar-refractivity contribution in [2.75, 3.05) is 25.5 Å². The Morgan fingerprint density at radius 3 is 3.00 bits per heavy atom. The molecule has 1 aromatic carbocycles. The van der Waals surface area contributed by atoms with Crippen LogP contribution in [0, 0.1) is 10.1 Å². The molecule has 0 radical (unpaired) electrons. The molecule has 2 rings (SSSR count). The van der Waals surface area contributed by atoms with Gasteiger partial charge in [-0.1, -0.05) is 6.92 Å². The first-order chi connectivity index (χ1) is 9.54. The van der Waals surface area contributed by atoms with Gasteiger partial charge >= 0.3 is 0 Å². The van der Waals surface area contributed by atoms with E-state index in [2.05, 4.69) is 0 Å². The van der Waals surface area contributed by atoms with E-state index in [9.17, 15) is 14.9 Å². The molecule has 1 unspecified atom stereocenters. The van der Waals surface area contributed by atoms with Crippen molar-refractivity contribution >= 4 is 17.3 Å². The standard InChI is InChI=1S/C13H17N3O4/c1-2-10-8-20-6-5-15(10)13(17)11-7-9(14)3-4-12(11)16(18)19/h3-4,7,10H,2,5-6,8,14H2,1H3. The van der Waals surface area contributed by atoms with Crippen molar-refractivity contribution in [1.82, 2.24) is 4.90 Å². The third kappa shape index (κ3) is 2.72. The van der Waals surface area contributed by atoms with Gasteiger partial charge < -0.3 is 15.4 Å². The first-order valence-electron chi connectivity index (χ1n) is 6.47. The van der Waals surface area contributed by atoms with Gasteiger partial charge in [0.2, 0.25) is 0 Å². The minimum absolute atomic E-state index is 0.0374. The lowest BCUT2D eigenvalue weighted by Crippen LogP contribution is -2.48. The van der Waals surface area contributed by atoms with Gasteiger partial charge in [-0.05, 0) is 18.6 Å². The number of ether oxygens (including phenoxy) is 1. The van der Waals surface area contributed by atoms with Crippen LogP contribution in [0.15, 0.2) is 18.2 Å². The van der Waals surface area contributed by atoms with Gasteiger partial charge in [-0.2, -0.15) is 0 Å². The van der Waals surface area contributed by atoms with Gasteiger partial charge in [0.05, 0.1) is 24.2 Å². The molecule has 2 N–H and O–H groups in total. The summed E-state index contributed by atoms with van der Waals surface area (Å²) in [6, 6.07) is 4.00. The molecule has 7 nitrogen and oxygen atoms in total. The fourth-order valence-corrected chi connectivity index (χ4v) is 2.30. The smallest absolute Gasteiger partial charge is 0.282 e. The molecule has 0 bridgehead atoms. The minimum atomic E-state index is -0.561. The van der Waals surface area contributed by atoms with Gasteiger partial charge in [-0.25, -0.2) is 0 Å². The fourth-order valence-electron chi connectivity index (χ4n) is 2.30. The number of hydrogen-bond acceptors (Lipinski definition) is 5. The van der Waals surface area contributed by atoms with Crippen LogP contribution in [0.5, 0.6) is 0 Å². The molecule has 0 saturated carbocycles. The number of nitrogen functional groups attached to an aromatic ring is 1. The number of rotatable bonds is 3. The predicted octanol–water partition coefficient (Wildman–Crippen LogP) is 1.43. The molecule has 0 spiro atoms. The van der Waals surface area contributed by atoms with Crippen molar-refractivity contribution in [3.63, 3.8) is 0 Å². The summed E-state index contributed by atoms with van der Waals surface area (Å²) in [4.78, 5) is 24.7. The highest BCUT2D eigenvalue weighted by molar-refractivity contribution is 5.99. The SMILES string of the molecule is CCC1COCCN1C(=O)c1cc(N)ccc1[N+](=O)[O-]. The lowest BCUT2D eigenvalue weighted by molar-refractivity contribution is -0.385. The molecule has 0 aliphatic carbocycles. The van der Waals surface area contributed by atoms with Gasteiger partial charge in [0.25, 0.3) is 11.6 Å². The summed E-state index contributed by atoms with van der Waals surface area (Å²) in [5.41, 5.74) is 5.80. The van der Waals surface area contributed by atoms with Crippen LogP contribution >= 0.6 is 0 Å². The molecule has 0 aromatic heterocycles. The number of hydrogen-bond donors (Lipinski definition) is 1. The summed E-state index contributed by atoms with van der Waals surface area (Å²) >= 11 is 0. The molecule has 1 aliphatic heterocycles. The van der Waals surface area contributed by atoms with Gasteiger partial charge in [-0.15, -0.1) is 0 Å². The maximum absolute atomic E-state index is 12.6. The number of nitrogens with zero attached hydrogens (tertiary/aromatic N) is 2. The molecule has 7 heteroatoms. The van der Waals surface area contributed by atoms with Crippen LogP contribution in [0.2, 0.25) is 0 Å². The van der Waals surface area contributed by atoms with Crippen LogP contribution in [0.4, 0.5) is 11.4 Å². The summed E-state index contributed by atoms with van der Waals surface area (Å²) in [6.45, 7) is 3.29. The lowest BCUT2D eigenvalue weighted by Gasteiger charge is -2.35. The number of carbonyl (C=O) groups excluding carboxylic acids is 1. The predicted molar refractivity (Wildman–Crippen MR) is 73.4 cm³/mol. The number of anilines is 1. The van der Waals surface area contributed by atoms with Crippen LogP contribution in [0.1, 0.15) is 23.7 Å². The number of morpholine rings is 1. The number of benzene rings is 1. The molecular formula is C13H17N3O4. The zero-order chi connectivity index (χ0) is 14.7. The van der Waals surface area contributed by atoms with E-state index < -0.39 is 4.92 Å². The molecule has 1 atom stereocenters. The van der Waals surface area contributed by atoms with Gasteiger partial charge in [0.15, 0.2) is 0 Å². The molecule has 1 amide bonds. The topological polar surface area (TPSA) is 98.7 Å². The molecule has 1 saturated heterocycles. The second-order valence-electron chi connectivity index (χ2n) is 4.67. The van der Waals surface area contributed by atoms with Crippen LogP contribution < -0.4 is 5.73 Å². The Balaban J connectivity index is 2.36. The number of nitrogens with two attached hydrogens (primary N) is 1. The molecule has 108 valence electrons. The second kappa shape index (κ2) is 5.87. The largest absolute Gasteiger partial charge is 0.399 e. The van der Waals surface area contributed by atoms with Crippen molar-refractivity contribution in [1.29, 1.82) is 0 Å². The van der Waals surface area contributed by atoms with E-state index in [0.29, 0.717) is 25.4 Å². The van der Waals surface area contributed by atoms with Crippen molar-refractivity contribution in [2.24, 2.45) is 0 Å². The van der Waals surface area contributed by atoms with E-state index in [-0.39, 0.29) is 23.2 Å². The van der Waals surface area contributed by atoms with Crippen LogP contribution in [-0.2, 0) is 4.74 Å². The summed E-state index contributed by atoms with van der Waals surface area (Å²) in [7, 11) is 0. The monoisotopic (exact) mass is 279 g/mol. The van der Waals surface area contributed by atoms with Crippen molar-refractivity contribution in [3.8, 4) is 0 Å². The number of nitro groups is 1. The number of carbonyl (C=O) groups is 1. The summed E-state index contributed by atoms with van der Waals surface area (Å²) in [5.74, 6) is -0.362. The van der Waals surface area contributed by atoms with E-state index in [1.807, 2.05) is 6.92 Å². The Morgan fingerprint density at radius 1 is 1.60 bits per heavy atom. The highest BCUT2D eigenvalue weighted by Crippen LogP contribution is 2.24. The Bertz CT molecular complexity index is 532. The Kier molecular flexibility index (Phi) is 4.19. The summed E-state index contributed by atoms with van der Waals surface area (Å²) in [5, 5.41) is 11.0. The zero-order valence-corrected chi connectivity index (χ0v) is 11.2. The van der Waals surface area contributed by atoms with Gasteiger partial charge in [0.1, 0.15) is 5.56 Å². The molecule has 20 heavy (non-hydrogen) atoms. The summed E-state index contributed by atoms with van der Waals surface area (Å²) in [6.07, 6.45) is 0.738. The molecule has 1 aliphatic rings. The van der Waals surface area contributed by atoms with E-state index in [1.54, 1.807) is 4.90 Å². The van der Waals surface area contributed by atoms with Gasteiger partial charge in [0, 0.05) is 18.3 Å². The average molecular weight is 279 g/mol. The normalized spacial score (nSPS) is 18.9. The van der Waals surface area contributed by atoms with E-state index >= 15 is 0 Å². The highest BCUT2D eigenvalue weighted by atomic mass is 16.6. The fraction of sp³-hybridized carbons (Fsp3) is 0.462. The average Bonchev–Trinajstić information content (AvgIpc) is 2.46. The summed E-state index contributed by atoms with van der Waals surface area (Å²) < 4.78 is 5.34. The Morgan fingerprint density at radius 2 is 2.35 bits per heavy atom. The Labute approximate surface area is 116 Å². The van der Waals surface area contributed by atoms with E-state index in [4.69, 9.17) is 10.5 Å². The third-order valence-corrected chi connectivity index (χ3v) is 3.41. The maximum atomic E-state index is 12.6. The first-order valence-corrected chi connectivity index (χ1v) is 6.47. The van der Waals surface area contributed by atoms with Gasteiger partial charge in [-0.3, -0.25) is 14.9 Å². The van der Waals surface area contributed by atoms with E-state index in [1.165, 1.54) is 18.2 Å². The minimum Gasteiger partial charge on any atom is -0.399 e. The first kappa shape index (κ1) is 14.3. The van der Waals surface area contributed by atoms with Crippen LogP contribution in [0.25, 0.3) is 0 Å². The number of nitro benzene ring substituents is 1. The zero-order valence-electron chi connectivity index (χ0n) is 11.2. The Hall–Kier alpha value is -2.15. The van der Waals surface area contributed by atoms with Crippen molar-refractivity contribution < 1.29 is 14.5 Å². The number of amides is 1. The molecule has 1 aromatic rings. The maximum Gasteiger partial charge on any atom is 0.282 e. The third-order valence-electron chi connectivity index (χ3n) is 3.41. The van der Waals surface area contributed by atoms with Crippen molar-refractivity contribution in [3.05, 3.63) is 33.9 Å². The van der Waals surface area contributed by atoms with Crippen LogP contribution in [0.3, 0.4) is 0 Å².